The average Bonchev–Trinajstić information content (AvgIpc) is 2.56. The molecule has 0 aliphatic carbocycles. The largest absolute Gasteiger partial charge is 0.433 e. The minimum atomic E-state index is -4.60. The van der Waals surface area contributed by atoms with Crippen molar-refractivity contribution in [1.82, 2.24) is 4.98 Å². The topological polar surface area (TPSA) is 50.3 Å². The number of rotatable bonds is 1. The standard InChI is InChI=1S/C10H6ClF3N2O2/c11-9-6(16-4-5(17)3-8(16)18)1-2-7(15-9)10(12,13)14/h1-2H,3-4H2. The first-order valence-electron chi connectivity index (χ1n) is 4.85. The zero-order valence-corrected chi connectivity index (χ0v) is 9.55. The SMILES string of the molecule is O=C1CC(=O)N(c2ccc(C(F)(F)F)nc2Cl)C1. The fourth-order valence-corrected chi connectivity index (χ4v) is 1.85. The van der Waals surface area contributed by atoms with Crippen LogP contribution in [-0.4, -0.2) is 23.2 Å². The Morgan fingerprint density at radius 3 is 2.39 bits per heavy atom. The number of carbonyl (C=O) groups excluding carboxylic acids is 2. The van der Waals surface area contributed by atoms with Gasteiger partial charge < -0.3 is 4.90 Å². The maximum Gasteiger partial charge on any atom is 0.433 e. The first kappa shape index (κ1) is 12.8. The Bertz CT molecular complexity index is 530. The molecule has 0 spiro atoms. The lowest BCUT2D eigenvalue weighted by Gasteiger charge is -2.16. The Morgan fingerprint density at radius 2 is 1.94 bits per heavy atom. The summed E-state index contributed by atoms with van der Waals surface area (Å²) in [7, 11) is 0. The summed E-state index contributed by atoms with van der Waals surface area (Å²) in [5.41, 5.74) is -1.13. The molecule has 8 heteroatoms. The second-order valence-electron chi connectivity index (χ2n) is 3.70. The Morgan fingerprint density at radius 1 is 1.28 bits per heavy atom. The Balaban J connectivity index is 2.37. The fourth-order valence-electron chi connectivity index (χ4n) is 1.59. The molecule has 0 radical (unpaired) electrons. The number of Topliss-reactive ketones (excluding diaryl/α,β-unsaturated/α-hetero) is 1. The smallest absolute Gasteiger partial charge is 0.302 e. The van der Waals surface area contributed by atoms with Crippen molar-refractivity contribution in [2.45, 2.75) is 12.6 Å². The van der Waals surface area contributed by atoms with Gasteiger partial charge in [0.1, 0.15) is 5.69 Å². The van der Waals surface area contributed by atoms with Gasteiger partial charge >= 0.3 is 6.18 Å². The lowest BCUT2D eigenvalue weighted by Crippen LogP contribution is -2.25. The van der Waals surface area contributed by atoms with Crippen LogP contribution in [0.1, 0.15) is 12.1 Å². The van der Waals surface area contributed by atoms with E-state index >= 15 is 0 Å². The summed E-state index contributed by atoms with van der Waals surface area (Å²) in [6.07, 6.45) is -4.87. The van der Waals surface area contributed by atoms with Gasteiger partial charge in [0.15, 0.2) is 10.9 Å². The van der Waals surface area contributed by atoms with E-state index in [9.17, 15) is 22.8 Å². The Hall–Kier alpha value is -1.63. The summed E-state index contributed by atoms with van der Waals surface area (Å²) >= 11 is 5.61. The number of alkyl halides is 3. The monoisotopic (exact) mass is 278 g/mol. The van der Waals surface area contributed by atoms with Crippen LogP contribution in [0.4, 0.5) is 18.9 Å². The van der Waals surface area contributed by atoms with Gasteiger partial charge in [0.2, 0.25) is 5.91 Å². The predicted octanol–water partition coefficient (Wildman–Crippen LogP) is 2.06. The summed E-state index contributed by atoms with van der Waals surface area (Å²) in [6, 6.07) is 1.76. The molecule has 1 aromatic heterocycles. The highest BCUT2D eigenvalue weighted by Crippen LogP contribution is 2.33. The fraction of sp³-hybridized carbons (Fsp3) is 0.300. The van der Waals surface area contributed by atoms with Crippen LogP contribution in [0.3, 0.4) is 0 Å². The molecule has 2 rings (SSSR count). The molecule has 0 aromatic carbocycles. The Kier molecular flexibility index (Phi) is 3.02. The van der Waals surface area contributed by atoms with E-state index in [2.05, 4.69) is 4.98 Å². The van der Waals surface area contributed by atoms with Crippen molar-refractivity contribution in [3.05, 3.63) is 23.0 Å². The van der Waals surface area contributed by atoms with E-state index in [1.54, 1.807) is 0 Å². The van der Waals surface area contributed by atoms with Crippen LogP contribution in [0, 0.1) is 0 Å². The van der Waals surface area contributed by atoms with Crippen LogP contribution in [0.5, 0.6) is 0 Å². The molecule has 0 unspecified atom stereocenters. The molecule has 1 saturated heterocycles. The first-order valence-corrected chi connectivity index (χ1v) is 5.22. The van der Waals surface area contributed by atoms with Gasteiger partial charge in [-0.1, -0.05) is 11.6 Å². The van der Waals surface area contributed by atoms with Crippen molar-refractivity contribution in [1.29, 1.82) is 0 Å². The number of hydrogen-bond donors (Lipinski definition) is 0. The number of pyridine rings is 1. The van der Waals surface area contributed by atoms with Gasteiger partial charge in [-0.3, -0.25) is 9.59 Å². The molecule has 96 valence electrons. The molecule has 0 atom stereocenters. The van der Waals surface area contributed by atoms with Crippen molar-refractivity contribution in [2.75, 3.05) is 11.4 Å². The molecule has 0 N–H and O–H groups in total. The van der Waals surface area contributed by atoms with Crippen LogP contribution in [0.25, 0.3) is 0 Å². The van der Waals surface area contributed by atoms with Crippen molar-refractivity contribution in [3.8, 4) is 0 Å². The second kappa shape index (κ2) is 4.24. The summed E-state index contributed by atoms with van der Waals surface area (Å²) in [5.74, 6) is -0.806. The van der Waals surface area contributed by atoms with Crippen LogP contribution in [0.2, 0.25) is 5.15 Å². The third-order valence-corrected chi connectivity index (χ3v) is 2.67. The zero-order chi connectivity index (χ0) is 13.5. The maximum absolute atomic E-state index is 12.4. The van der Waals surface area contributed by atoms with E-state index in [0.717, 1.165) is 17.0 Å². The van der Waals surface area contributed by atoms with Crippen molar-refractivity contribution in [3.63, 3.8) is 0 Å². The van der Waals surface area contributed by atoms with E-state index in [0.29, 0.717) is 0 Å². The van der Waals surface area contributed by atoms with Crippen LogP contribution < -0.4 is 4.90 Å². The number of hydrogen-bond acceptors (Lipinski definition) is 3. The lowest BCUT2D eigenvalue weighted by atomic mass is 10.3. The molecule has 0 bridgehead atoms. The van der Waals surface area contributed by atoms with Gasteiger partial charge in [-0.25, -0.2) is 4.98 Å². The highest BCUT2D eigenvalue weighted by Gasteiger charge is 2.35. The van der Waals surface area contributed by atoms with Crippen LogP contribution in [0.15, 0.2) is 12.1 Å². The molecule has 1 aromatic rings. The summed E-state index contributed by atoms with van der Waals surface area (Å²) in [6.45, 7) is -0.189. The van der Waals surface area contributed by atoms with Crippen LogP contribution in [-0.2, 0) is 15.8 Å². The second-order valence-corrected chi connectivity index (χ2v) is 4.06. The normalized spacial score (nSPS) is 16.6. The van der Waals surface area contributed by atoms with Crippen molar-refractivity contribution >= 4 is 29.0 Å². The van der Waals surface area contributed by atoms with Gasteiger partial charge in [0, 0.05) is 0 Å². The van der Waals surface area contributed by atoms with E-state index < -0.39 is 22.9 Å². The average molecular weight is 279 g/mol. The number of nitrogens with zero attached hydrogens (tertiary/aromatic N) is 2. The molecule has 1 amide bonds. The van der Waals surface area contributed by atoms with Gasteiger partial charge in [-0.05, 0) is 12.1 Å². The summed E-state index contributed by atoms with van der Waals surface area (Å²) < 4.78 is 37.1. The highest BCUT2D eigenvalue weighted by atomic mass is 35.5. The molecule has 1 aliphatic heterocycles. The Labute approximate surface area is 104 Å². The van der Waals surface area contributed by atoms with Gasteiger partial charge in [-0.15, -0.1) is 0 Å². The maximum atomic E-state index is 12.4. The number of halogens is 4. The van der Waals surface area contributed by atoms with E-state index in [1.165, 1.54) is 0 Å². The third kappa shape index (κ3) is 2.31. The lowest BCUT2D eigenvalue weighted by molar-refractivity contribution is -0.141. The first-order chi connectivity index (χ1) is 8.29. The minimum Gasteiger partial charge on any atom is -0.302 e. The van der Waals surface area contributed by atoms with E-state index in [4.69, 9.17) is 11.6 Å². The van der Waals surface area contributed by atoms with Crippen molar-refractivity contribution < 1.29 is 22.8 Å². The number of aromatic nitrogens is 1. The van der Waals surface area contributed by atoms with Crippen LogP contribution >= 0.6 is 11.6 Å². The number of anilines is 1. The zero-order valence-electron chi connectivity index (χ0n) is 8.79. The third-order valence-electron chi connectivity index (χ3n) is 2.39. The number of ketones is 1. The molecule has 4 nitrogen and oxygen atoms in total. The molecular weight excluding hydrogens is 273 g/mol. The van der Waals surface area contributed by atoms with Crippen molar-refractivity contribution in [2.24, 2.45) is 0 Å². The number of carbonyl (C=O) groups is 2. The van der Waals surface area contributed by atoms with E-state index in [1.807, 2.05) is 0 Å². The highest BCUT2D eigenvalue weighted by molar-refractivity contribution is 6.33. The van der Waals surface area contributed by atoms with Gasteiger partial charge in [0.25, 0.3) is 0 Å². The molecule has 0 saturated carbocycles. The van der Waals surface area contributed by atoms with Gasteiger partial charge in [0.05, 0.1) is 18.7 Å². The molecule has 2 heterocycles. The molecule has 1 aliphatic rings. The predicted molar refractivity (Wildman–Crippen MR) is 56.2 cm³/mol. The summed E-state index contributed by atoms with van der Waals surface area (Å²) in [5, 5.41) is -0.451. The quantitative estimate of drug-likeness (QED) is 0.584. The molecule has 18 heavy (non-hydrogen) atoms. The summed E-state index contributed by atoms with van der Waals surface area (Å²) in [4.78, 5) is 26.7. The van der Waals surface area contributed by atoms with Gasteiger partial charge in [-0.2, -0.15) is 13.2 Å². The molecule has 1 fully saturated rings. The number of amides is 1. The van der Waals surface area contributed by atoms with E-state index in [-0.39, 0.29) is 24.4 Å². The minimum absolute atomic E-state index is 0.0144. The molecular formula is C10H6ClF3N2O2.